The Hall–Kier alpha value is -7.58. The minimum atomic E-state index is -2.05. The monoisotopic (exact) mass is 896 g/mol. The molecule has 69 heavy (non-hydrogen) atoms. The van der Waals surface area contributed by atoms with Crippen molar-refractivity contribution < 1.29 is 0 Å². The molecule has 0 nitrogen and oxygen atoms in total. The Balaban J connectivity index is 1.07. The quantitative estimate of drug-likeness (QED) is 0.122. The van der Waals surface area contributed by atoms with Gasteiger partial charge >= 0.3 is 0 Å². The number of hydrogen-bond acceptors (Lipinski definition) is 0. The maximum absolute atomic E-state index is 2.65. The summed E-state index contributed by atoms with van der Waals surface area (Å²) < 4.78 is 0. The molecule has 0 spiro atoms. The van der Waals surface area contributed by atoms with Crippen molar-refractivity contribution in [3.05, 3.63) is 229 Å². The molecule has 14 rings (SSSR count). The molecule has 0 unspecified atom stereocenters. The molecule has 0 radical (unpaired) electrons. The fraction of sp³-hybridized carbons (Fsp3) is 0.118. The first-order valence-electron chi connectivity index (χ1n) is 24.7. The van der Waals surface area contributed by atoms with E-state index < -0.39 is 8.07 Å². The molecule has 0 fully saturated rings. The summed E-state index contributed by atoms with van der Waals surface area (Å²) in [6.45, 7) is 14.7. The summed E-state index contributed by atoms with van der Waals surface area (Å²) in [6.07, 6.45) is 0. The Bertz CT molecular complexity index is 4020. The zero-order chi connectivity index (χ0) is 46.6. The highest BCUT2D eigenvalue weighted by molar-refractivity contribution is 7.04. The van der Waals surface area contributed by atoms with Crippen molar-refractivity contribution in [2.24, 2.45) is 0 Å². The second kappa shape index (κ2) is 14.2. The standard InChI is InChI=1S/C68H52Si/c1-67(2)59-23-12-9-19-49(59)51-33-31-45(37-61(51)67)65-54-35-30-44(41-26-28-43(29-27-41)48-22-15-17-42-16-7-8-18-47(42)48)36-56(54)66(46-32-34-52-50-20-10-13-24-60(50)68(3,4)62(52)38-46)58-40-64-55(39-57(58)65)53-21-11-14-25-63(53)69(64,5)6/h7-40H,1-6H3. The Morgan fingerprint density at radius 2 is 0.754 bits per heavy atom. The maximum atomic E-state index is 2.65. The third kappa shape index (κ3) is 5.63. The van der Waals surface area contributed by atoms with Gasteiger partial charge in [-0.05, 0) is 167 Å². The van der Waals surface area contributed by atoms with Crippen LogP contribution in [0, 0.1) is 0 Å². The van der Waals surface area contributed by atoms with Gasteiger partial charge in [-0.3, -0.25) is 0 Å². The predicted molar refractivity (Wildman–Crippen MR) is 298 cm³/mol. The lowest BCUT2D eigenvalue weighted by molar-refractivity contribution is 0.660. The molecule has 11 aromatic rings. The average molecular weight is 897 g/mol. The van der Waals surface area contributed by atoms with Crippen molar-refractivity contribution in [3.63, 3.8) is 0 Å². The van der Waals surface area contributed by atoms with E-state index in [-0.39, 0.29) is 10.8 Å². The predicted octanol–water partition coefficient (Wildman–Crippen LogP) is 17.2. The number of benzene rings is 11. The van der Waals surface area contributed by atoms with Gasteiger partial charge in [0.25, 0.3) is 0 Å². The molecular weight excluding hydrogens is 845 g/mol. The number of rotatable bonds is 4. The molecule has 0 bridgehead atoms. The molecule has 1 aliphatic heterocycles. The van der Waals surface area contributed by atoms with Gasteiger partial charge in [-0.1, -0.05) is 223 Å². The van der Waals surface area contributed by atoms with E-state index >= 15 is 0 Å². The van der Waals surface area contributed by atoms with Gasteiger partial charge < -0.3 is 0 Å². The van der Waals surface area contributed by atoms with Crippen LogP contribution in [0.15, 0.2) is 206 Å². The van der Waals surface area contributed by atoms with Crippen molar-refractivity contribution in [3.8, 4) is 77.9 Å². The Morgan fingerprint density at radius 3 is 1.43 bits per heavy atom. The minimum absolute atomic E-state index is 0.122. The molecule has 0 atom stereocenters. The van der Waals surface area contributed by atoms with Crippen LogP contribution in [0.1, 0.15) is 49.9 Å². The van der Waals surface area contributed by atoms with Crippen molar-refractivity contribution >= 4 is 50.8 Å². The number of hydrogen-bond donors (Lipinski definition) is 0. The summed E-state index contributed by atoms with van der Waals surface area (Å²) in [5.74, 6) is 0. The third-order valence-corrected chi connectivity index (χ3v) is 20.4. The molecule has 328 valence electrons. The zero-order valence-corrected chi connectivity index (χ0v) is 41.1. The van der Waals surface area contributed by atoms with Crippen molar-refractivity contribution in [2.75, 3.05) is 0 Å². The maximum Gasteiger partial charge on any atom is 0.113 e. The van der Waals surface area contributed by atoms with Gasteiger partial charge in [0.05, 0.1) is 0 Å². The van der Waals surface area contributed by atoms with E-state index in [2.05, 4.69) is 247 Å². The highest BCUT2D eigenvalue weighted by Gasteiger charge is 2.40. The first-order valence-corrected chi connectivity index (χ1v) is 27.7. The lowest BCUT2D eigenvalue weighted by Gasteiger charge is -2.25. The summed E-state index contributed by atoms with van der Waals surface area (Å²) in [7, 11) is -2.05. The normalized spacial score (nSPS) is 15.2. The van der Waals surface area contributed by atoms with Crippen molar-refractivity contribution in [1.82, 2.24) is 0 Å². The molecule has 0 N–H and O–H groups in total. The van der Waals surface area contributed by atoms with Crippen molar-refractivity contribution in [1.29, 1.82) is 0 Å². The van der Waals surface area contributed by atoms with E-state index in [1.54, 1.807) is 0 Å². The van der Waals surface area contributed by atoms with Gasteiger partial charge in [0, 0.05) is 10.8 Å². The van der Waals surface area contributed by atoms with Gasteiger partial charge in [-0.15, -0.1) is 0 Å². The summed E-state index contributed by atoms with van der Waals surface area (Å²) in [6, 6.07) is 79.3. The highest BCUT2D eigenvalue weighted by atomic mass is 28.3. The molecule has 0 saturated carbocycles. The van der Waals surface area contributed by atoms with Crippen molar-refractivity contribution in [2.45, 2.75) is 51.6 Å². The van der Waals surface area contributed by atoms with Gasteiger partial charge in [-0.2, -0.15) is 0 Å². The molecule has 3 aliphatic rings. The van der Waals surface area contributed by atoms with Gasteiger partial charge in [0.1, 0.15) is 8.07 Å². The first-order chi connectivity index (χ1) is 33.5. The molecule has 1 heteroatoms. The largest absolute Gasteiger partial charge is 0.113 e. The van der Waals surface area contributed by atoms with E-state index in [0.717, 1.165) is 0 Å². The summed E-state index contributed by atoms with van der Waals surface area (Å²) >= 11 is 0. The fourth-order valence-corrected chi connectivity index (χ4v) is 16.3. The smallest absolute Gasteiger partial charge is 0.0623 e. The Kier molecular flexibility index (Phi) is 8.35. The fourth-order valence-electron chi connectivity index (χ4n) is 13.3. The molecular formula is C68H52Si. The van der Waals surface area contributed by atoms with E-state index in [1.807, 2.05) is 0 Å². The highest BCUT2D eigenvalue weighted by Crippen LogP contribution is 2.54. The summed E-state index contributed by atoms with van der Waals surface area (Å²) in [5, 5.41) is 10.8. The molecule has 0 saturated heterocycles. The average Bonchev–Trinajstić information content (AvgIpc) is 3.86. The van der Waals surface area contributed by atoms with E-state index in [1.165, 1.54) is 143 Å². The topological polar surface area (TPSA) is 0 Å². The van der Waals surface area contributed by atoms with Crippen LogP contribution in [0.2, 0.25) is 13.1 Å². The van der Waals surface area contributed by atoms with Gasteiger partial charge in [0.15, 0.2) is 0 Å². The lowest BCUT2D eigenvalue weighted by atomic mass is 9.79. The minimum Gasteiger partial charge on any atom is -0.0623 e. The Labute approximate surface area is 406 Å². The van der Waals surface area contributed by atoms with E-state index in [0.29, 0.717) is 0 Å². The third-order valence-electron chi connectivity index (χ3n) is 16.9. The van der Waals surface area contributed by atoms with Crippen LogP contribution >= 0.6 is 0 Å². The molecule has 0 aromatic heterocycles. The van der Waals surface area contributed by atoms with Gasteiger partial charge in [-0.25, -0.2) is 0 Å². The first kappa shape index (κ1) is 40.5. The SMILES string of the molecule is CC1(C)c2ccccc2-c2ccc(-c3c4ccc(-c5ccc(-c6cccc7ccccc67)cc5)cc4c(-c4ccc5c(c4)C(C)(C)c4ccccc4-5)c4cc5c(cc34)-c3ccccc3[Si]5(C)C)cc21. The van der Waals surface area contributed by atoms with Crippen LogP contribution in [0.25, 0.3) is 110 Å². The summed E-state index contributed by atoms with van der Waals surface area (Å²) in [4.78, 5) is 0. The molecule has 0 amide bonds. The molecule has 1 heterocycles. The van der Waals surface area contributed by atoms with Crippen LogP contribution in [0.3, 0.4) is 0 Å². The second-order valence-electron chi connectivity index (χ2n) is 21.6. The Morgan fingerprint density at radius 1 is 0.275 bits per heavy atom. The van der Waals surface area contributed by atoms with Crippen LogP contribution in [-0.2, 0) is 10.8 Å². The summed E-state index contributed by atoms with van der Waals surface area (Å²) in [5.41, 5.74) is 23.7. The molecule has 2 aliphatic carbocycles. The van der Waals surface area contributed by atoms with Crippen LogP contribution in [-0.4, -0.2) is 8.07 Å². The molecule has 11 aromatic carbocycles. The van der Waals surface area contributed by atoms with E-state index in [9.17, 15) is 0 Å². The van der Waals surface area contributed by atoms with Crippen LogP contribution in [0.4, 0.5) is 0 Å². The van der Waals surface area contributed by atoms with Gasteiger partial charge in [0.2, 0.25) is 0 Å². The number of fused-ring (bicyclic) bond motifs is 12. The van der Waals surface area contributed by atoms with Crippen LogP contribution < -0.4 is 10.4 Å². The second-order valence-corrected chi connectivity index (χ2v) is 25.9. The lowest BCUT2D eigenvalue weighted by Crippen LogP contribution is -2.49. The van der Waals surface area contributed by atoms with Crippen LogP contribution in [0.5, 0.6) is 0 Å². The zero-order valence-electron chi connectivity index (χ0n) is 40.1. The van der Waals surface area contributed by atoms with E-state index in [4.69, 9.17) is 0 Å².